The molecule has 0 bridgehead atoms. The normalized spacial score (nSPS) is 18.2. The Kier molecular flexibility index (Phi) is 10.3. The number of aliphatic hydroxyl groups excluding tert-OH is 1. The fourth-order valence-electron chi connectivity index (χ4n) is 7.01. The first-order valence-electron chi connectivity index (χ1n) is 17.8. The van der Waals surface area contributed by atoms with Crippen LogP contribution in [-0.2, 0) is 28.3 Å². The molecule has 3 heterocycles. The molecule has 2 N–H and O–H groups in total. The van der Waals surface area contributed by atoms with Gasteiger partial charge in [-0.3, -0.25) is 24.4 Å². The Hall–Kier alpha value is -6.31. The molecular weight excluding hydrogens is 686 g/mol. The van der Waals surface area contributed by atoms with Crippen LogP contribution in [0.4, 0.5) is 17.1 Å². The Morgan fingerprint density at radius 3 is 2.39 bits per heavy atom. The quantitative estimate of drug-likeness (QED) is 0.0865. The van der Waals surface area contributed by atoms with E-state index in [-0.39, 0.29) is 36.2 Å². The third kappa shape index (κ3) is 7.06. The number of hydrogen-bond acceptors (Lipinski definition) is 9. The number of nitro benzene ring substituents is 1. The predicted molar refractivity (Wildman–Crippen MR) is 203 cm³/mol. The highest BCUT2D eigenvalue weighted by atomic mass is 16.6. The van der Waals surface area contributed by atoms with Crippen LogP contribution in [0.5, 0.6) is 0 Å². The van der Waals surface area contributed by atoms with Crippen LogP contribution in [-0.4, -0.2) is 54.3 Å². The van der Waals surface area contributed by atoms with E-state index >= 15 is 0 Å². The van der Waals surface area contributed by atoms with E-state index in [9.17, 15) is 29.9 Å². The Bertz CT molecular complexity index is 2220. The van der Waals surface area contributed by atoms with Gasteiger partial charge in [-0.15, -0.1) is 5.10 Å². The maximum absolute atomic E-state index is 14.2. The van der Waals surface area contributed by atoms with Crippen molar-refractivity contribution in [2.45, 2.75) is 50.8 Å². The molecule has 0 spiro atoms. The molecule has 0 saturated carbocycles. The van der Waals surface area contributed by atoms with E-state index < -0.39 is 22.3 Å². The van der Waals surface area contributed by atoms with Crippen LogP contribution in [0, 0.1) is 16.0 Å². The van der Waals surface area contributed by atoms with Crippen molar-refractivity contribution in [2.75, 3.05) is 16.5 Å². The van der Waals surface area contributed by atoms with E-state index in [0.29, 0.717) is 42.9 Å². The monoisotopic (exact) mass is 725 g/mol. The molecule has 1 unspecified atom stereocenters. The number of anilines is 2. The molecule has 13 nitrogen and oxygen atoms in total. The average molecular weight is 726 g/mol. The Balaban J connectivity index is 1.07. The van der Waals surface area contributed by atoms with Gasteiger partial charge in [0, 0.05) is 49.2 Å². The number of allylic oxidation sites excluding steroid dienone is 1. The lowest BCUT2D eigenvalue weighted by Crippen LogP contribution is -2.44. The summed E-state index contributed by atoms with van der Waals surface area (Å²) in [5, 5.41) is 48.4. The Labute approximate surface area is 311 Å². The second-order valence-corrected chi connectivity index (χ2v) is 13.5. The van der Waals surface area contributed by atoms with Gasteiger partial charge in [-0.25, -0.2) is 5.01 Å². The van der Waals surface area contributed by atoms with Gasteiger partial charge in [0.25, 0.3) is 11.6 Å². The Morgan fingerprint density at radius 2 is 1.69 bits per heavy atom. The van der Waals surface area contributed by atoms with Crippen molar-refractivity contribution in [1.29, 1.82) is 0 Å². The number of rotatable bonds is 13. The van der Waals surface area contributed by atoms with Crippen LogP contribution >= 0.6 is 0 Å². The molecule has 4 aromatic carbocycles. The highest BCUT2D eigenvalue weighted by molar-refractivity contribution is 6.09. The number of benzene rings is 4. The topological polar surface area (TPSA) is 167 Å². The third-order valence-corrected chi connectivity index (χ3v) is 10.0. The lowest BCUT2D eigenvalue weighted by molar-refractivity contribution is -0.385. The number of carbonyl (C=O) groups is 2. The third-order valence-electron chi connectivity index (χ3n) is 10.0. The van der Waals surface area contributed by atoms with Gasteiger partial charge in [0.15, 0.2) is 5.60 Å². The maximum atomic E-state index is 14.2. The predicted octanol–water partition coefficient (Wildman–Crippen LogP) is 5.86. The first-order chi connectivity index (χ1) is 26.2. The summed E-state index contributed by atoms with van der Waals surface area (Å²) in [7, 11) is 0. The van der Waals surface area contributed by atoms with E-state index in [1.807, 2.05) is 66.7 Å². The van der Waals surface area contributed by atoms with Crippen LogP contribution < -0.4 is 9.91 Å². The second kappa shape index (κ2) is 15.3. The Morgan fingerprint density at radius 1 is 0.963 bits per heavy atom. The average Bonchev–Trinajstić information content (AvgIpc) is 3.75. The van der Waals surface area contributed by atoms with Crippen LogP contribution in [0.3, 0.4) is 0 Å². The molecule has 0 saturated heterocycles. The van der Waals surface area contributed by atoms with Gasteiger partial charge >= 0.3 is 0 Å². The summed E-state index contributed by atoms with van der Waals surface area (Å²) >= 11 is 0. The number of aliphatic hydroxyl groups is 2. The SMILES string of the molecule is C[C@@H](/C=C/CCn1cc(C(CO)c2ccccc2)nn1)[C@]1(O)C(=O)N(Cc2ccc(N3N=C(c4ccccc4)CCC3=O)cc2)c2ccc([N+](=O)[O-])cc21. The summed E-state index contributed by atoms with van der Waals surface area (Å²) in [6, 6.07) is 30.5. The molecule has 0 fully saturated rings. The van der Waals surface area contributed by atoms with Gasteiger partial charge in [0.1, 0.15) is 0 Å². The highest BCUT2D eigenvalue weighted by Gasteiger charge is 2.53. The zero-order valence-corrected chi connectivity index (χ0v) is 29.6. The standard InChI is InChI=1S/C41H39N7O6/c1-28(10-8-9-23-45-26-37(42-44-45)34(27-49)30-11-4-2-5-12-30)41(52)35-24-33(48(53)54)19-21-38(35)46(40(41)51)25-29-15-17-32(18-16-29)47-39(50)22-20-36(43-47)31-13-6-3-7-14-31/h2-8,10-19,21,24,26,28,34,49,52H,9,20,22-23,25,27H2,1H3/b10-8+/t28-,34?,41+/m0/s1. The minimum Gasteiger partial charge on any atom is -0.395 e. The smallest absolute Gasteiger partial charge is 0.269 e. The summed E-state index contributed by atoms with van der Waals surface area (Å²) in [6.45, 7) is 2.14. The molecule has 0 radical (unpaired) electrons. The number of fused-ring (bicyclic) bond motifs is 1. The van der Waals surface area contributed by atoms with Gasteiger partial charge in [-0.2, -0.15) is 5.10 Å². The molecule has 2 aliphatic rings. The van der Waals surface area contributed by atoms with Gasteiger partial charge in [0.2, 0.25) is 5.91 Å². The molecule has 3 atom stereocenters. The first kappa shape index (κ1) is 36.1. The van der Waals surface area contributed by atoms with Crippen molar-refractivity contribution in [3.8, 4) is 0 Å². The summed E-state index contributed by atoms with van der Waals surface area (Å²) in [5.41, 5.74) is 2.90. The molecule has 2 amide bonds. The summed E-state index contributed by atoms with van der Waals surface area (Å²) in [4.78, 5) is 39.7. The number of aromatic nitrogens is 3. The molecular formula is C41H39N7O6. The molecule has 54 heavy (non-hydrogen) atoms. The van der Waals surface area contributed by atoms with Crippen molar-refractivity contribution in [2.24, 2.45) is 11.0 Å². The lowest BCUT2D eigenvalue weighted by Gasteiger charge is -2.27. The fraction of sp³-hybridized carbons (Fsp3) is 0.244. The van der Waals surface area contributed by atoms with Crippen LogP contribution in [0.25, 0.3) is 0 Å². The van der Waals surface area contributed by atoms with Crippen molar-refractivity contribution < 1.29 is 24.7 Å². The lowest BCUT2D eigenvalue weighted by atomic mass is 9.82. The molecule has 1 aromatic heterocycles. The van der Waals surface area contributed by atoms with E-state index in [2.05, 4.69) is 15.4 Å². The summed E-state index contributed by atoms with van der Waals surface area (Å²) in [5.74, 6) is -1.77. The van der Waals surface area contributed by atoms with E-state index in [4.69, 9.17) is 0 Å². The largest absolute Gasteiger partial charge is 0.395 e. The van der Waals surface area contributed by atoms with Gasteiger partial charge in [-0.05, 0) is 41.3 Å². The number of aryl methyl sites for hydroxylation is 1. The van der Waals surface area contributed by atoms with Gasteiger partial charge < -0.3 is 15.1 Å². The van der Waals surface area contributed by atoms with Crippen molar-refractivity contribution in [3.63, 3.8) is 0 Å². The molecule has 274 valence electrons. The van der Waals surface area contributed by atoms with Crippen LogP contribution in [0.1, 0.15) is 60.1 Å². The molecule has 2 aliphatic heterocycles. The van der Waals surface area contributed by atoms with Crippen molar-refractivity contribution in [3.05, 3.63) is 160 Å². The number of non-ortho nitro benzene ring substituents is 1. The number of hydrogen-bond donors (Lipinski definition) is 2. The molecule has 7 rings (SSSR count). The number of amides is 2. The number of carbonyl (C=O) groups excluding carboxylic acids is 2. The van der Waals surface area contributed by atoms with E-state index in [1.165, 1.54) is 28.1 Å². The number of hydrazone groups is 1. The van der Waals surface area contributed by atoms with E-state index in [1.54, 1.807) is 48.1 Å². The zero-order valence-electron chi connectivity index (χ0n) is 29.6. The number of nitro groups is 1. The first-order valence-corrected chi connectivity index (χ1v) is 17.8. The summed E-state index contributed by atoms with van der Waals surface area (Å²) in [6.07, 6.45) is 6.74. The zero-order chi connectivity index (χ0) is 37.8. The minimum absolute atomic E-state index is 0.0849. The van der Waals surface area contributed by atoms with Gasteiger partial charge in [0.05, 0.1) is 46.8 Å². The number of nitrogens with zero attached hydrogens (tertiary/aromatic N) is 7. The molecule has 5 aromatic rings. The maximum Gasteiger partial charge on any atom is 0.269 e. The van der Waals surface area contributed by atoms with Crippen LogP contribution in [0.2, 0.25) is 0 Å². The summed E-state index contributed by atoms with van der Waals surface area (Å²) < 4.78 is 1.67. The highest BCUT2D eigenvalue weighted by Crippen LogP contribution is 2.47. The van der Waals surface area contributed by atoms with E-state index in [0.717, 1.165) is 22.4 Å². The van der Waals surface area contributed by atoms with Crippen molar-refractivity contribution >= 4 is 34.6 Å². The molecule has 13 heteroatoms. The van der Waals surface area contributed by atoms with Crippen LogP contribution in [0.15, 0.2) is 127 Å². The molecule has 0 aliphatic carbocycles. The van der Waals surface area contributed by atoms with Gasteiger partial charge in [-0.1, -0.05) is 97.1 Å². The minimum atomic E-state index is -2.06. The fourth-order valence-corrected chi connectivity index (χ4v) is 7.01. The van der Waals surface area contributed by atoms with Crippen molar-refractivity contribution in [1.82, 2.24) is 15.0 Å². The second-order valence-electron chi connectivity index (χ2n) is 13.5.